The van der Waals surface area contributed by atoms with Crippen LogP contribution in [0.5, 0.6) is 17.2 Å². The van der Waals surface area contributed by atoms with Gasteiger partial charge < -0.3 is 14.2 Å². The molecule has 1 heterocycles. The van der Waals surface area contributed by atoms with E-state index in [0.29, 0.717) is 23.7 Å². The summed E-state index contributed by atoms with van der Waals surface area (Å²) in [6.07, 6.45) is 0. The molecule has 0 unspecified atom stereocenters. The predicted octanol–water partition coefficient (Wildman–Crippen LogP) is 5.03. The fourth-order valence-corrected chi connectivity index (χ4v) is 3.27. The Balaban J connectivity index is 1.92. The van der Waals surface area contributed by atoms with E-state index in [0.717, 1.165) is 16.3 Å². The molecule has 6 heteroatoms. The van der Waals surface area contributed by atoms with Gasteiger partial charge >= 0.3 is 0 Å². The van der Waals surface area contributed by atoms with Crippen molar-refractivity contribution in [2.24, 2.45) is 0 Å². The van der Waals surface area contributed by atoms with Crippen molar-refractivity contribution in [2.75, 3.05) is 20.8 Å². The van der Waals surface area contributed by atoms with E-state index in [9.17, 15) is 4.39 Å². The Morgan fingerprint density at radius 2 is 1.68 bits per heavy atom. The molecule has 0 spiro atoms. The van der Waals surface area contributed by atoms with Crippen LogP contribution in [0, 0.1) is 5.82 Å². The number of benzene rings is 2. The molecule has 4 nitrogen and oxygen atoms in total. The first-order valence-corrected chi connectivity index (χ1v) is 8.65. The maximum atomic E-state index is 13.9. The zero-order valence-electron chi connectivity index (χ0n) is 14.2. The predicted molar refractivity (Wildman–Crippen MR) is 97.2 cm³/mol. The summed E-state index contributed by atoms with van der Waals surface area (Å²) in [5, 5.41) is 2.73. The molecule has 0 fully saturated rings. The Morgan fingerprint density at radius 1 is 0.960 bits per heavy atom. The van der Waals surface area contributed by atoms with E-state index in [-0.39, 0.29) is 5.75 Å². The van der Waals surface area contributed by atoms with Crippen LogP contribution in [-0.2, 0) is 0 Å². The van der Waals surface area contributed by atoms with Crippen molar-refractivity contribution in [3.05, 3.63) is 47.6 Å². The van der Waals surface area contributed by atoms with Crippen molar-refractivity contribution >= 4 is 11.3 Å². The minimum atomic E-state index is -0.405. The lowest BCUT2D eigenvalue weighted by Gasteiger charge is -2.09. The van der Waals surface area contributed by atoms with Crippen molar-refractivity contribution in [2.45, 2.75) is 6.92 Å². The summed E-state index contributed by atoms with van der Waals surface area (Å²) in [5.41, 5.74) is 2.35. The van der Waals surface area contributed by atoms with Gasteiger partial charge in [-0.25, -0.2) is 9.37 Å². The third-order valence-corrected chi connectivity index (χ3v) is 4.55. The van der Waals surface area contributed by atoms with Gasteiger partial charge in [0.25, 0.3) is 0 Å². The van der Waals surface area contributed by atoms with Crippen LogP contribution in [0.25, 0.3) is 21.8 Å². The molecular weight excluding hydrogens is 341 g/mol. The van der Waals surface area contributed by atoms with E-state index in [4.69, 9.17) is 14.2 Å². The molecule has 0 aliphatic heterocycles. The molecule has 130 valence electrons. The Kier molecular flexibility index (Phi) is 5.19. The molecule has 1 aromatic heterocycles. The van der Waals surface area contributed by atoms with Crippen molar-refractivity contribution in [1.29, 1.82) is 0 Å². The molecule has 0 atom stereocenters. The zero-order valence-corrected chi connectivity index (χ0v) is 15.0. The van der Waals surface area contributed by atoms with Crippen LogP contribution >= 0.6 is 11.3 Å². The summed E-state index contributed by atoms with van der Waals surface area (Å²) < 4.78 is 29.8. The fourth-order valence-electron chi connectivity index (χ4n) is 2.44. The second kappa shape index (κ2) is 7.53. The molecule has 0 saturated carbocycles. The first-order chi connectivity index (χ1) is 12.2. The molecule has 3 rings (SSSR count). The monoisotopic (exact) mass is 359 g/mol. The molecule has 0 radical (unpaired) electrons. The smallest absolute Gasteiger partial charge is 0.165 e. The van der Waals surface area contributed by atoms with Gasteiger partial charge in [0.1, 0.15) is 5.01 Å². The molecule has 0 aliphatic carbocycles. The first kappa shape index (κ1) is 17.2. The summed E-state index contributed by atoms with van der Waals surface area (Å²) in [6.45, 7) is 2.49. The van der Waals surface area contributed by atoms with Gasteiger partial charge in [0.15, 0.2) is 23.1 Å². The summed E-state index contributed by atoms with van der Waals surface area (Å²) in [7, 11) is 3.05. The van der Waals surface area contributed by atoms with Crippen LogP contribution in [0.3, 0.4) is 0 Å². The van der Waals surface area contributed by atoms with Crippen LogP contribution in [0.2, 0.25) is 0 Å². The van der Waals surface area contributed by atoms with E-state index in [1.807, 2.05) is 30.5 Å². The Labute approximate surface area is 149 Å². The van der Waals surface area contributed by atoms with Crippen LogP contribution in [0.1, 0.15) is 6.92 Å². The quantitative estimate of drug-likeness (QED) is 0.619. The number of methoxy groups -OCH3 is 2. The molecule has 3 aromatic rings. The highest BCUT2D eigenvalue weighted by atomic mass is 32.1. The summed E-state index contributed by atoms with van der Waals surface area (Å²) in [4.78, 5) is 4.61. The number of ether oxygens (including phenoxy) is 3. The number of hydrogen-bond acceptors (Lipinski definition) is 5. The lowest BCUT2D eigenvalue weighted by molar-refractivity contribution is 0.311. The van der Waals surface area contributed by atoms with Gasteiger partial charge in [0.2, 0.25) is 0 Å². The molecule has 0 amide bonds. The molecule has 25 heavy (non-hydrogen) atoms. The third-order valence-electron chi connectivity index (χ3n) is 3.66. The lowest BCUT2D eigenvalue weighted by atomic mass is 10.1. The van der Waals surface area contributed by atoms with E-state index in [1.165, 1.54) is 24.5 Å². The second-order valence-corrected chi connectivity index (χ2v) is 6.04. The van der Waals surface area contributed by atoms with Crippen LogP contribution < -0.4 is 14.2 Å². The fraction of sp³-hybridized carbons (Fsp3) is 0.211. The number of aromatic nitrogens is 1. The molecule has 0 saturated heterocycles. The summed E-state index contributed by atoms with van der Waals surface area (Å²) in [6, 6.07) is 10.5. The standard InChI is InChI=1S/C19H18FNO3S/c1-4-24-17-8-6-13(10-18(17)23-3)19-21-15(11-25-19)12-5-7-16(22-2)14(20)9-12/h5-11H,4H2,1-3H3. The van der Waals surface area contributed by atoms with Gasteiger partial charge in [-0.2, -0.15) is 0 Å². The van der Waals surface area contributed by atoms with E-state index < -0.39 is 5.82 Å². The Hall–Kier alpha value is -2.60. The molecular formula is C19H18FNO3S. The molecule has 0 N–H and O–H groups in total. The minimum absolute atomic E-state index is 0.218. The van der Waals surface area contributed by atoms with E-state index in [1.54, 1.807) is 19.2 Å². The number of hydrogen-bond donors (Lipinski definition) is 0. The van der Waals surface area contributed by atoms with Gasteiger partial charge in [-0.05, 0) is 43.3 Å². The summed E-state index contributed by atoms with van der Waals surface area (Å²) >= 11 is 1.49. The first-order valence-electron chi connectivity index (χ1n) is 7.77. The molecule has 2 aromatic carbocycles. The number of thiazole rings is 1. The topological polar surface area (TPSA) is 40.6 Å². The largest absolute Gasteiger partial charge is 0.494 e. The van der Waals surface area contributed by atoms with Gasteiger partial charge in [-0.15, -0.1) is 11.3 Å². The van der Waals surface area contributed by atoms with Crippen molar-refractivity contribution in [1.82, 2.24) is 4.98 Å². The highest BCUT2D eigenvalue weighted by Gasteiger charge is 2.12. The van der Waals surface area contributed by atoms with Gasteiger partial charge in [0, 0.05) is 16.5 Å². The Bertz CT molecular complexity index is 879. The maximum absolute atomic E-state index is 13.9. The van der Waals surface area contributed by atoms with Gasteiger partial charge in [0.05, 0.1) is 26.5 Å². The van der Waals surface area contributed by atoms with Crippen molar-refractivity contribution < 1.29 is 18.6 Å². The Morgan fingerprint density at radius 3 is 2.36 bits per heavy atom. The molecule has 0 aliphatic rings. The van der Waals surface area contributed by atoms with Crippen LogP contribution in [0.15, 0.2) is 41.8 Å². The third kappa shape index (κ3) is 3.58. The van der Waals surface area contributed by atoms with Crippen LogP contribution in [-0.4, -0.2) is 25.8 Å². The number of halogens is 1. The average Bonchev–Trinajstić information content (AvgIpc) is 3.12. The zero-order chi connectivity index (χ0) is 17.8. The van der Waals surface area contributed by atoms with E-state index >= 15 is 0 Å². The minimum Gasteiger partial charge on any atom is -0.494 e. The highest BCUT2D eigenvalue weighted by Crippen LogP contribution is 2.35. The van der Waals surface area contributed by atoms with Gasteiger partial charge in [-0.1, -0.05) is 0 Å². The lowest BCUT2D eigenvalue weighted by Crippen LogP contribution is -1.95. The maximum Gasteiger partial charge on any atom is 0.165 e. The molecule has 0 bridgehead atoms. The van der Waals surface area contributed by atoms with Crippen LogP contribution in [0.4, 0.5) is 4.39 Å². The number of rotatable bonds is 6. The SMILES string of the molecule is CCOc1ccc(-c2nc(-c3ccc(OC)c(F)c3)cs2)cc1OC. The number of nitrogens with zero attached hydrogens (tertiary/aromatic N) is 1. The van der Waals surface area contributed by atoms with Crippen molar-refractivity contribution in [3.63, 3.8) is 0 Å². The van der Waals surface area contributed by atoms with Crippen molar-refractivity contribution in [3.8, 4) is 39.1 Å². The normalized spacial score (nSPS) is 10.6. The highest BCUT2D eigenvalue weighted by molar-refractivity contribution is 7.13. The summed E-state index contributed by atoms with van der Waals surface area (Å²) in [5.74, 6) is 1.17. The van der Waals surface area contributed by atoms with E-state index in [2.05, 4.69) is 4.98 Å². The second-order valence-electron chi connectivity index (χ2n) is 5.19. The average molecular weight is 359 g/mol. The van der Waals surface area contributed by atoms with Gasteiger partial charge in [-0.3, -0.25) is 0 Å².